The van der Waals surface area contributed by atoms with E-state index in [1.165, 1.54) is 0 Å². The van der Waals surface area contributed by atoms with Crippen molar-refractivity contribution in [2.24, 2.45) is 0 Å². The van der Waals surface area contributed by atoms with Crippen LogP contribution in [-0.4, -0.2) is 19.3 Å². The first kappa shape index (κ1) is 19.1. The molecule has 0 amide bonds. The molecule has 5 nitrogen and oxygen atoms in total. The van der Waals surface area contributed by atoms with Crippen LogP contribution in [0.15, 0.2) is 128 Å². The van der Waals surface area contributed by atoms with Crippen molar-refractivity contribution in [3.05, 3.63) is 128 Å². The van der Waals surface area contributed by atoms with E-state index in [0.717, 1.165) is 39.6 Å². The zero-order valence-electron chi connectivity index (χ0n) is 17.9. The maximum absolute atomic E-state index is 4.97. The first-order valence-electron chi connectivity index (χ1n) is 10.9. The topological polar surface area (TPSA) is 38.9 Å². The molecule has 6 rings (SSSR count). The van der Waals surface area contributed by atoms with Gasteiger partial charge in [-0.25, -0.2) is 9.67 Å². The lowest BCUT2D eigenvalue weighted by atomic mass is 10.2. The number of aromatic nitrogens is 4. The molecule has 0 saturated heterocycles. The second kappa shape index (κ2) is 8.13. The minimum atomic E-state index is 0.843. The predicted molar refractivity (Wildman–Crippen MR) is 133 cm³/mol. The van der Waals surface area contributed by atoms with Crippen molar-refractivity contribution in [3.63, 3.8) is 0 Å². The number of benzene rings is 3. The predicted octanol–water partition coefficient (Wildman–Crippen LogP) is 6.68. The van der Waals surface area contributed by atoms with Crippen LogP contribution in [0.4, 0.5) is 17.2 Å². The van der Waals surface area contributed by atoms with Crippen LogP contribution in [0.2, 0.25) is 0 Å². The Labute approximate surface area is 191 Å². The fraction of sp³-hybridized carbons (Fsp3) is 0. The van der Waals surface area contributed by atoms with Gasteiger partial charge in [-0.1, -0.05) is 48.5 Å². The van der Waals surface area contributed by atoms with Gasteiger partial charge < -0.3 is 4.57 Å². The summed E-state index contributed by atoms with van der Waals surface area (Å²) in [5.41, 5.74) is 4.02. The summed E-state index contributed by atoms with van der Waals surface area (Å²) in [6, 6.07) is 36.9. The summed E-state index contributed by atoms with van der Waals surface area (Å²) in [4.78, 5) is 7.14. The lowest BCUT2D eigenvalue weighted by molar-refractivity contribution is 0.896. The Hall–Kier alpha value is -4.64. The number of hydrogen-bond acceptors (Lipinski definition) is 3. The van der Waals surface area contributed by atoms with E-state index in [1.807, 2.05) is 88.4 Å². The number of hydrogen-bond donors (Lipinski definition) is 0. The highest BCUT2D eigenvalue weighted by Crippen LogP contribution is 2.34. The highest BCUT2D eigenvalue weighted by Gasteiger charge is 2.15. The van der Waals surface area contributed by atoms with Crippen LogP contribution in [0.1, 0.15) is 0 Å². The zero-order valence-corrected chi connectivity index (χ0v) is 17.9. The van der Waals surface area contributed by atoms with Crippen molar-refractivity contribution in [1.82, 2.24) is 19.3 Å². The van der Waals surface area contributed by atoms with E-state index < -0.39 is 0 Å². The number of fused-ring (bicyclic) bond motifs is 1. The second-order valence-corrected chi connectivity index (χ2v) is 7.77. The quantitative estimate of drug-likeness (QED) is 0.308. The maximum Gasteiger partial charge on any atom is 0.140 e. The average Bonchev–Trinajstić information content (AvgIpc) is 3.56. The Bertz CT molecular complexity index is 1480. The molecule has 0 atom stereocenters. The van der Waals surface area contributed by atoms with Crippen molar-refractivity contribution >= 4 is 28.1 Å². The van der Waals surface area contributed by atoms with E-state index in [1.54, 1.807) is 0 Å². The molecule has 6 aromatic rings. The molecule has 33 heavy (non-hydrogen) atoms. The third-order valence-corrected chi connectivity index (χ3v) is 5.60. The largest absolute Gasteiger partial charge is 0.309 e. The molecular weight excluding hydrogens is 406 g/mol. The Balaban J connectivity index is 1.48. The minimum absolute atomic E-state index is 0.843. The van der Waals surface area contributed by atoms with Crippen LogP contribution >= 0.6 is 0 Å². The Kier molecular flexibility index (Phi) is 4.70. The van der Waals surface area contributed by atoms with E-state index in [9.17, 15) is 0 Å². The molecule has 158 valence electrons. The fourth-order valence-corrected chi connectivity index (χ4v) is 4.03. The van der Waals surface area contributed by atoms with Crippen LogP contribution in [0, 0.1) is 0 Å². The standard InChI is InChI=1S/C28H21N5/c1-2-11-23(12-3-1)33(28-17-9-16-27(29-28)31-18-6-7-19-31)25-14-8-13-24(20-25)32-21-22-10-4-5-15-26(22)30-32/h1-21H. The smallest absolute Gasteiger partial charge is 0.140 e. The molecule has 0 aliphatic carbocycles. The van der Waals surface area contributed by atoms with E-state index in [0.29, 0.717) is 0 Å². The van der Waals surface area contributed by atoms with Crippen LogP contribution in [-0.2, 0) is 0 Å². The number of pyridine rings is 1. The van der Waals surface area contributed by atoms with Gasteiger partial charge in [0.05, 0.1) is 11.2 Å². The summed E-state index contributed by atoms with van der Waals surface area (Å²) < 4.78 is 3.94. The normalized spacial score (nSPS) is 11.0. The molecule has 0 N–H and O–H groups in total. The highest BCUT2D eigenvalue weighted by molar-refractivity contribution is 5.79. The molecule has 3 heterocycles. The number of rotatable bonds is 5. The molecular formula is C28H21N5. The molecule has 0 fully saturated rings. The van der Waals surface area contributed by atoms with Gasteiger partial charge >= 0.3 is 0 Å². The molecule has 3 aromatic carbocycles. The van der Waals surface area contributed by atoms with E-state index in [-0.39, 0.29) is 0 Å². The lowest BCUT2D eigenvalue weighted by Gasteiger charge is -2.25. The monoisotopic (exact) mass is 427 g/mol. The van der Waals surface area contributed by atoms with Crippen LogP contribution in [0.5, 0.6) is 0 Å². The van der Waals surface area contributed by atoms with Crippen LogP contribution in [0.25, 0.3) is 22.4 Å². The molecule has 3 aromatic heterocycles. The van der Waals surface area contributed by atoms with Crippen molar-refractivity contribution in [1.29, 1.82) is 0 Å². The average molecular weight is 428 g/mol. The Morgan fingerprint density at radius 3 is 2.24 bits per heavy atom. The van der Waals surface area contributed by atoms with Crippen LogP contribution < -0.4 is 4.90 Å². The minimum Gasteiger partial charge on any atom is -0.309 e. The van der Waals surface area contributed by atoms with E-state index in [4.69, 9.17) is 10.1 Å². The SMILES string of the molecule is c1ccc(N(c2cccc(-n3cc4ccccc4n3)c2)c2cccc(-n3cccc3)n2)cc1. The summed E-state index contributed by atoms with van der Waals surface area (Å²) in [5, 5.41) is 5.87. The summed E-state index contributed by atoms with van der Waals surface area (Å²) in [6.07, 6.45) is 6.07. The van der Waals surface area contributed by atoms with Gasteiger partial charge in [0.2, 0.25) is 0 Å². The second-order valence-electron chi connectivity index (χ2n) is 7.77. The van der Waals surface area contributed by atoms with Crippen molar-refractivity contribution in [2.45, 2.75) is 0 Å². The maximum atomic E-state index is 4.97. The lowest BCUT2D eigenvalue weighted by Crippen LogP contribution is -2.13. The number of anilines is 3. The third-order valence-electron chi connectivity index (χ3n) is 5.60. The Morgan fingerprint density at radius 2 is 1.39 bits per heavy atom. The molecule has 0 radical (unpaired) electrons. The molecule has 0 aliphatic rings. The summed E-state index contributed by atoms with van der Waals surface area (Å²) in [7, 11) is 0. The van der Waals surface area contributed by atoms with E-state index >= 15 is 0 Å². The van der Waals surface area contributed by atoms with Gasteiger partial charge in [-0.15, -0.1) is 0 Å². The summed E-state index contributed by atoms with van der Waals surface area (Å²) >= 11 is 0. The fourth-order valence-electron chi connectivity index (χ4n) is 4.03. The first-order chi connectivity index (χ1) is 16.3. The zero-order chi connectivity index (χ0) is 22.0. The van der Waals surface area contributed by atoms with Crippen molar-refractivity contribution in [3.8, 4) is 11.5 Å². The molecule has 0 spiro atoms. The van der Waals surface area contributed by atoms with Gasteiger partial charge in [-0.2, -0.15) is 5.10 Å². The number of para-hydroxylation sites is 1. The van der Waals surface area contributed by atoms with Gasteiger partial charge in [0.15, 0.2) is 0 Å². The van der Waals surface area contributed by atoms with Crippen molar-refractivity contribution in [2.75, 3.05) is 4.90 Å². The molecule has 0 unspecified atom stereocenters. The summed E-state index contributed by atoms with van der Waals surface area (Å²) in [6.45, 7) is 0. The van der Waals surface area contributed by atoms with Crippen LogP contribution in [0.3, 0.4) is 0 Å². The highest BCUT2D eigenvalue weighted by atomic mass is 15.3. The summed E-state index contributed by atoms with van der Waals surface area (Å²) in [5.74, 6) is 1.71. The van der Waals surface area contributed by atoms with Gasteiger partial charge in [-0.3, -0.25) is 4.90 Å². The van der Waals surface area contributed by atoms with Gasteiger partial charge in [0, 0.05) is 35.4 Å². The molecule has 0 saturated carbocycles. The number of nitrogens with zero attached hydrogens (tertiary/aromatic N) is 5. The third kappa shape index (κ3) is 3.66. The van der Waals surface area contributed by atoms with E-state index in [2.05, 4.69) is 53.6 Å². The first-order valence-corrected chi connectivity index (χ1v) is 10.9. The van der Waals surface area contributed by atoms with Gasteiger partial charge in [0.1, 0.15) is 11.6 Å². The molecule has 0 bridgehead atoms. The van der Waals surface area contributed by atoms with Gasteiger partial charge in [0.25, 0.3) is 0 Å². The Morgan fingerprint density at radius 1 is 0.636 bits per heavy atom. The molecule has 0 aliphatic heterocycles. The van der Waals surface area contributed by atoms with Gasteiger partial charge in [-0.05, 0) is 60.7 Å². The molecule has 5 heteroatoms. The van der Waals surface area contributed by atoms with Crippen molar-refractivity contribution < 1.29 is 0 Å².